The van der Waals surface area contributed by atoms with Gasteiger partial charge in [0, 0.05) is 12.0 Å². The van der Waals surface area contributed by atoms with Crippen molar-refractivity contribution in [2.45, 2.75) is 26.9 Å². The summed E-state index contributed by atoms with van der Waals surface area (Å²) in [5.41, 5.74) is 6.27. The highest BCUT2D eigenvalue weighted by Crippen LogP contribution is 2.32. The number of nitrogens with two attached hydrogens (primary N) is 1. The molecule has 0 heterocycles. The van der Waals surface area contributed by atoms with Crippen molar-refractivity contribution in [3.63, 3.8) is 0 Å². The molecule has 15 heavy (non-hydrogen) atoms. The number of rotatable bonds is 3. The van der Waals surface area contributed by atoms with E-state index in [4.69, 9.17) is 5.73 Å². The van der Waals surface area contributed by atoms with E-state index >= 15 is 0 Å². The number of hydrogen-bond acceptors (Lipinski definition) is 2. The summed E-state index contributed by atoms with van der Waals surface area (Å²) in [5.74, 6) is -0.292. The molecule has 0 radical (unpaired) electrons. The van der Waals surface area contributed by atoms with Gasteiger partial charge < -0.3 is 10.8 Å². The van der Waals surface area contributed by atoms with Crippen LogP contribution in [0, 0.1) is 18.2 Å². The SMILES string of the molecule is Cc1ccc(C(O)C(C)(C)CN)cc1F. The zero-order valence-electron chi connectivity index (χ0n) is 9.42. The van der Waals surface area contributed by atoms with Gasteiger partial charge in [0.2, 0.25) is 0 Å². The zero-order valence-corrected chi connectivity index (χ0v) is 9.42. The Morgan fingerprint density at radius 3 is 2.53 bits per heavy atom. The van der Waals surface area contributed by atoms with Crippen LogP contribution in [0.4, 0.5) is 4.39 Å². The first-order valence-electron chi connectivity index (χ1n) is 5.02. The molecule has 0 aliphatic heterocycles. The van der Waals surface area contributed by atoms with E-state index in [1.807, 2.05) is 13.8 Å². The van der Waals surface area contributed by atoms with Crippen molar-refractivity contribution in [3.05, 3.63) is 35.1 Å². The molecule has 1 unspecified atom stereocenters. The number of halogens is 1. The fourth-order valence-electron chi connectivity index (χ4n) is 1.34. The highest BCUT2D eigenvalue weighted by Gasteiger charge is 2.27. The Kier molecular flexibility index (Phi) is 3.47. The number of aryl methyl sites for hydroxylation is 1. The summed E-state index contributed by atoms with van der Waals surface area (Å²) in [6, 6.07) is 4.78. The monoisotopic (exact) mass is 211 g/mol. The Bertz CT molecular complexity index is 349. The first-order chi connectivity index (χ1) is 6.88. The summed E-state index contributed by atoms with van der Waals surface area (Å²) in [6.45, 7) is 5.76. The molecule has 3 heteroatoms. The first-order valence-corrected chi connectivity index (χ1v) is 5.02. The summed E-state index contributed by atoms with van der Waals surface area (Å²) in [6.07, 6.45) is -0.738. The average molecular weight is 211 g/mol. The quantitative estimate of drug-likeness (QED) is 0.804. The van der Waals surface area contributed by atoms with Gasteiger partial charge in [-0.3, -0.25) is 0 Å². The second kappa shape index (κ2) is 4.29. The van der Waals surface area contributed by atoms with Crippen LogP contribution >= 0.6 is 0 Å². The summed E-state index contributed by atoms with van der Waals surface area (Å²) in [7, 11) is 0. The van der Waals surface area contributed by atoms with Crippen molar-refractivity contribution < 1.29 is 9.50 Å². The molecule has 0 spiro atoms. The van der Waals surface area contributed by atoms with Crippen LogP contribution in [-0.2, 0) is 0 Å². The van der Waals surface area contributed by atoms with Gasteiger partial charge in [0.1, 0.15) is 5.82 Å². The van der Waals surface area contributed by atoms with Crippen LogP contribution < -0.4 is 5.73 Å². The van der Waals surface area contributed by atoms with E-state index in [2.05, 4.69) is 0 Å². The van der Waals surface area contributed by atoms with Crippen molar-refractivity contribution >= 4 is 0 Å². The highest BCUT2D eigenvalue weighted by atomic mass is 19.1. The van der Waals surface area contributed by atoms with Gasteiger partial charge in [-0.25, -0.2) is 4.39 Å². The van der Waals surface area contributed by atoms with E-state index in [9.17, 15) is 9.50 Å². The summed E-state index contributed by atoms with van der Waals surface area (Å²) in [4.78, 5) is 0. The molecule has 3 N–H and O–H groups in total. The molecule has 0 bridgehead atoms. The van der Waals surface area contributed by atoms with Crippen LogP contribution in [0.3, 0.4) is 0 Å². The van der Waals surface area contributed by atoms with Gasteiger partial charge in [-0.15, -0.1) is 0 Å². The molecule has 1 atom stereocenters. The van der Waals surface area contributed by atoms with Gasteiger partial charge in [0.15, 0.2) is 0 Å². The molecule has 1 aromatic carbocycles. The summed E-state index contributed by atoms with van der Waals surface area (Å²) in [5, 5.41) is 10.0. The molecule has 0 saturated carbocycles. The summed E-state index contributed by atoms with van der Waals surface area (Å²) < 4.78 is 13.3. The van der Waals surface area contributed by atoms with E-state index in [0.29, 0.717) is 17.7 Å². The third kappa shape index (κ3) is 2.55. The minimum atomic E-state index is -0.738. The lowest BCUT2D eigenvalue weighted by Gasteiger charge is -2.29. The minimum absolute atomic E-state index is 0.292. The average Bonchev–Trinajstić information content (AvgIpc) is 2.21. The second-order valence-electron chi connectivity index (χ2n) is 4.60. The fraction of sp³-hybridized carbons (Fsp3) is 0.500. The third-order valence-corrected chi connectivity index (χ3v) is 2.78. The van der Waals surface area contributed by atoms with E-state index < -0.39 is 11.5 Å². The molecular weight excluding hydrogens is 193 g/mol. The van der Waals surface area contributed by atoms with Crippen LogP contribution in [0.1, 0.15) is 31.1 Å². The molecule has 0 aliphatic carbocycles. The van der Waals surface area contributed by atoms with Gasteiger partial charge in [-0.1, -0.05) is 26.0 Å². The number of aliphatic hydroxyl groups excluding tert-OH is 1. The minimum Gasteiger partial charge on any atom is -0.388 e. The summed E-state index contributed by atoms with van der Waals surface area (Å²) >= 11 is 0. The van der Waals surface area contributed by atoms with Crippen molar-refractivity contribution in [1.29, 1.82) is 0 Å². The van der Waals surface area contributed by atoms with Gasteiger partial charge in [0.05, 0.1) is 6.10 Å². The first kappa shape index (κ1) is 12.1. The molecule has 0 amide bonds. The molecule has 0 fully saturated rings. The van der Waals surface area contributed by atoms with Crippen LogP contribution in [0.2, 0.25) is 0 Å². The van der Waals surface area contributed by atoms with Crippen molar-refractivity contribution in [2.75, 3.05) is 6.54 Å². The fourth-order valence-corrected chi connectivity index (χ4v) is 1.34. The third-order valence-electron chi connectivity index (χ3n) is 2.78. The maximum atomic E-state index is 13.3. The maximum Gasteiger partial charge on any atom is 0.126 e. The lowest BCUT2D eigenvalue weighted by atomic mass is 9.82. The predicted octanol–water partition coefficient (Wildman–Crippen LogP) is 2.15. The predicted molar refractivity (Wildman–Crippen MR) is 58.9 cm³/mol. The molecular formula is C12H18FNO. The smallest absolute Gasteiger partial charge is 0.126 e. The van der Waals surface area contributed by atoms with E-state index in [1.54, 1.807) is 19.1 Å². The van der Waals surface area contributed by atoms with Gasteiger partial charge >= 0.3 is 0 Å². The zero-order chi connectivity index (χ0) is 11.6. The normalized spacial score (nSPS) is 14.0. The largest absolute Gasteiger partial charge is 0.388 e. The van der Waals surface area contributed by atoms with Crippen LogP contribution in [-0.4, -0.2) is 11.7 Å². The van der Waals surface area contributed by atoms with Crippen LogP contribution in [0.25, 0.3) is 0 Å². The Morgan fingerprint density at radius 1 is 1.47 bits per heavy atom. The second-order valence-corrected chi connectivity index (χ2v) is 4.60. The maximum absolute atomic E-state index is 13.3. The molecule has 0 saturated heterocycles. The molecule has 1 aromatic rings. The molecule has 0 aliphatic rings. The number of hydrogen-bond donors (Lipinski definition) is 2. The van der Waals surface area contributed by atoms with Gasteiger partial charge in [0.25, 0.3) is 0 Å². The molecule has 84 valence electrons. The lowest BCUT2D eigenvalue weighted by Crippen LogP contribution is -2.30. The van der Waals surface area contributed by atoms with Crippen molar-refractivity contribution in [2.24, 2.45) is 11.1 Å². The molecule has 1 rings (SSSR count). The van der Waals surface area contributed by atoms with Crippen molar-refractivity contribution in [1.82, 2.24) is 0 Å². The number of benzene rings is 1. The topological polar surface area (TPSA) is 46.2 Å². The number of aliphatic hydroxyl groups is 1. The Hall–Kier alpha value is -0.930. The van der Waals surface area contributed by atoms with Gasteiger partial charge in [-0.2, -0.15) is 0 Å². The van der Waals surface area contributed by atoms with Gasteiger partial charge in [-0.05, 0) is 24.1 Å². The van der Waals surface area contributed by atoms with Crippen molar-refractivity contribution in [3.8, 4) is 0 Å². The lowest BCUT2D eigenvalue weighted by molar-refractivity contribution is 0.0552. The highest BCUT2D eigenvalue weighted by molar-refractivity contribution is 5.26. The van der Waals surface area contributed by atoms with Crippen LogP contribution in [0.5, 0.6) is 0 Å². The van der Waals surface area contributed by atoms with Crippen LogP contribution in [0.15, 0.2) is 18.2 Å². The van der Waals surface area contributed by atoms with E-state index in [1.165, 1.54) is 6.07 Å². The van der Waals surface area contributed by atoms with E-state index in [-0.39, 0.29) is 5.82 Å². The Labute approximate surface area is 89.9 Å². The Balaban J connectivity index is 3.02. The standard InChI is InChI=1S/C12H18FNO/c1-8-4-5-9(6-10(8)13)11(15)12(2,3)7-14/h4-6,11,15H,7,14H2,1-3H3. The molecule has 0 aromatic heterocycles. The van der Waals surface area contributed by atoms with E-state index in [0.717, 1.165) is 0 Å². The molecule has 2 nitrogen and oxygen atoms in total. The Morgan fingerprint density at radius 2 is 2.07 bits per heavy atom.